The summed E-state index contributed by atoms with van der Waals surface area (Å²) in [7, 11) is 1.96. The predicted octanol–water partition coefficient (Wildman–Crippen LogP) is 3.46. The van der Waals surface area contributed by atoms with Gasteiger partial charge in [-0.3, -0.25) is 9.48 Å². The normalized spacial score (nSPS) is 17.7. The molecule has 180 valence electrons. The van der Waals surface area contributed by atoms with Crippen molar-refractivity contribution in [1.82, 2.24) is 14.7 Å². The van der Waals surface area contributed by atoms with Crippen molar-refractivity contribution in [3.05, 3.63) is 52.8 Å². The zero-order valence-corrected chi connectivity index (χ0v) is 18.6. The molecule has 1 fully saturated rings. The molecule has 1 saturated carbocycles. The van der Waals surface area contributed by atoms with Crippen LogP contribution >= 0.6 is 0 Å². The van der Waals surface area contributed by atoms with Gasteiger partial charge in [-0.25, -0.2) is 4.79 Å². The summed E-state index contributed by atoms with van der Waals surface area (Å²) in [6, 6.07) is 8.09. The van der Waals surface area contributed by atoms with Crippen molar-refractivity contribution < 1.29 is 32.6 Å². The number of carboxylic acid groups (broad SMARTS) is 1. The van der Waals surface area contributed by atoms with Gasteiger partial charge in [0, 0.05) is 20.2 Å². The topological polar surface area (TPSA) is 84.7 Å². The first-order valence-electron chi connectivity index (χ1n) is 10.8. The van der Waals surface area contributed by atoms with Crippen molar-refractivity contribution in [1.29, 1.82) is 0 Å². The second kappa shape index (κ2) is 10.4. The zero-order chi connectivity index (χ0) is 24.2. The Bertz CT molecular complexity index is 986. The lowest BCUT2D eigenvalue weighted by Gasteiger charge is -2.36. The quantitative estimate of drug-likeness (QED) is 0.704. The highest BCUT2D eigenvalue weighted by atomic mass is 19.4. The van der Waals surface area contributed by atoms with Crippen LogP contribution in [-0.4, -0.2) is 57.6 Å². The molecule has 0 saturated heterocycles. The summed E-state index contributed by atoms with van der Waals surface area (Å²) in [6.07, 6.45) is 0.711. The Balaban J connectivity index is 0.000000383. The summed E-state index contributed by atoms with van der Waals surface area (Å²) < 4.78 is 39.6. The van der Waals surface area contributed by atoms with E-state index in [9.17, 15) is 18.0 Å². The van der Waals surface area contributed by atoms with E-state index in [1.165, 1.54) is 24.0 Å². The smallest absolute Gasteiger partial charge is 0.475 e. The molecule has 4 rings (SSSR count). The van der Waals surface area contributed by atoms with E-state index in [0.29, 0.717) is 13.0 Å². The van der Waals surface area contributed by atoms with E-state index in [4.69, 9.17) is 14.6 Å². The number of nitrogens with zero attached hydrogens (tertiary/aromatic N) is 3. The number of amides is 1. The van der Waals surface area contributed by atoms with Crippen LogP contribution in [0.3, 0.4) is 0 Å². The van der Waals surface area contributed by atoms with Gasteiger partial charge in [0.15, 0.2) is 0 Å². The van der Waals surface area contributed by atoms with Crippen LogP contribution < -0.4 is 0 Å². The maximum absolute atomic E-state index is 13.1. The average Bonchev–Trinajstić information content (AvgIpc) is 3.50. The molecule has 10 heteroatoms. The number of halogens is 3. The van der Waals surface area contributed by atoms with Crippen LogP contribution in [0.2, 0.25) is 0 Å². The van der Waals surface area contributed by atoms with Crippen molar-refractivity contribution in [3.63, 3.8) is 0 Å². The van der Waals surface area contributed by atoms with E-state index < -0.39 is 12.1 Å². The van der Waals surface area contributed by atoms with E-state index in [1.807, 2.05) is 41.0 Å². The lowest BCUT2D eigenvalue weighted by molar-refractivity contribution is -0.192. The maximum Gasteiger partial charge on any atom is 0.490 e. The number of benzene rings is 1. The molecule has 7 nitrogen and oxygen atoms in total. The van der Waals surface area contributed by atoms with Crippen LogP contribution in [0.15, 0.2) is 30.5 Å². The third kappa shape index (κ3) is 6.56. The number of fused-ring (bicyclic) bond motifs is 1. The second-order valence-corrected chi connectivity index (χ2v) is 8.42. The molecule has 2 aliphatic rings. The summed E-state index contributed by atoms with van der Waals surface area (Å²) in [5.41, 5.74) is 4.64. The third-order valence-corrected chi connectivity index (χ3v) is 5.87. The van der Waals surface area contributed by atoms with Gasteiger partial charge >= 0.3 is 12.1 Å². The van der Waals surface area contributed by atoms with Crippen molar-refractivity contribution in [2.45, 2.75) is 44.8 Å². The molecule has 2 heterocycles. The fraction of sp³-hybridized carbons (Fsp3) is 0.522. The predicted molar refractivity (Wildman–Crippen MR) is 113 cm³/mol. The fourth-order valence-electron chi connectivity index (χ4n) is 3.83. The molecule has 0 bridgehead atoms. The molecule has 2 aromatic rings. The van der Waals surface area contributed by atoms with Gasteiger partial charge in [-0.2, -0.15) is 18.3 Å². The van der Waals surface area contributed by atoms with Gasteiger partial charge in [0.1, 0.15) is 0 Å². The number of hydrogen-bond acceptors (Lipinski definition) is 4. The number of ether oxygens (including phenoxy) is 1. The molecule has 1 aromatic carbocycles. The lowest BCUT2D eigenvalue weighted by atomic mass is 9.98. The minimum absolute atomic E-state index is 0.0403. The summed E-state index contributed by atoms with van der Waals surface area (Å²) in [5.74, 6) is -1.86. The SMILES string of the molecule is Cc1ccccc1CC(=O)N1CCc2cnn(C)c2C1COCC1CC1.O=C(O)C(F)(F)F. The van der Waals surface area contributed by atoms with Crippen LogP contribution in [-0.2, 0) is 34.2 Å². The Morgan fingerprint density at radius 2 is 1.88 bits per heavy atom. The average molecular weight is 467 g/mol. The van der Waals surface area contributed by atoms with Gasteiger partial charge in [0.2, 0.25) is 5.91 Å². The van der Waals surface area contributed by atoms with Crippen LogP contribution in [0, 0.1) is 12.8 Å². The lowest BCUT2D eigenvalue weighted by Crippen LogP contribution is -2.43. The van der Waals surface area contributed by atoms with Gasteiger partial charge in [0.05, 0.1) is 31.0 Å². The van der Waals surface area contributed by atoms with Crippen molar-refractivity contribution >= 4 is 11.9 Å². The summed E-state index contributed by atoms with van der Waals surface area (Å²) in [5, 5.41) is 11.5. The second-order valence-electron chi connectivity index (χ2n) is 8.42. The van der Waals surface area contributed by atoms with E-state index in [-0.39, 0.29) is 11.9 Å². The number of hydrogen-bond donors (Lipinski definition) is 1. The summed E-state index contributed by atoms with van der Waals surface area (Å²) in [4.78, 5) is 24.0. The molecule has 33 heavy (non-hydrogen) atoms. The Morgan fingerprint density at radius 1 is 1.21 bits per heavy atom. The molecule has 1 aliphatic carbocycles. The van der Waals surface area contributed by atoms with E-state index in [2.05, 4.69) is 18.1 Å². The van der Waals surface area contributed by atoms with Crippen LogP contribution in [0.4, 0.5) is 13.2 Å². The van der Waals surface area contributed by atoms with Gasteiger partial charge < -0.3 is 14.7 Å². The number of alkyl halides is 3. The number of carboxylic acids is 1. The van der Waals surface area contributed by atoms with Crippen molar-refractivity contribution in [2.75, 3.05) is 19.8 Å². The summed E-state index contributed by atoms with van der Waals surface area (Å²) in [6.45, 7) is 4.17. The Labute approximate surface area is 190 Å². The molecular formula is C23H28F3N3O4. The molecule has 1 amide bonds. The Hall–Kier alpha value is -2.88. The molecule has 1 atom stereocenters. The molecular weight excluding hydrogens is 439 g/mol. The molecule has 1 N–H and O–H groups in total. The first-order chi connectivity index (χ1) is 15.6. The minimum Gasteiger partial charge on any atom is -0.475 e. The Kier molecular flexibility index (Phi) is 7.78. The number of carbonyl (C=O) groups is 2. The van der Waals surface area contributed by atoms with Gasteiger partial charge in [-0.1, -0.05) is 24.3 Å². The molecule has 1 unspecified atom stereocenters. The number of rotatable bonds is 6. The number of carbonyl (C=O) groups excluding carboxylic acids is 1. The highest BCUT2D eigenvalue weighted by Gasteiger charge is 2.38. The van der Waals surface area contributed by atoms with Gasteiger partial charge in [-0.05, 0) is 48.8 Å². The minimum atomic E-state index is -5.08. The van der Waals surface area contributed by atoms with Crippen molar-refractivity contribution in [3.8, 4) is 0 Å². The van der Waals surface area contributed by atoms with E-state index in [1.54, 1.807) is 0 Å². The molecule has 0 radical (unpaired) electrons. The monoisotopic (exact) mass is 467 g/mol. The van der Waals surface area contributed by atoms with Crippen LogP contribution in [0.5, 0.6) is 0 Å². The van der Waals surface area contributed by atoms with E-state index in [0.717, 1.165) is 36.7 Å². The fourth-order valence-corrected chi connectivity index (χ4v) is 3.83. The van der Waals surface area contributed by atoms with E-state index >= 15 is 0 Å². The number of aryl methyl sites for hydroxylation is 2. The first-order valence-corrected chi connectivity index (χ1v) is 10.8. The maximum atomic E-state index is 13.1. The zero-order valence-electron chi connectivity index (χ0n) is 18.6. The molecule has 1 aromatic heterocycles. The van der Waals surface area contributed by atoms with Gasteiger partial charge in [0.25, 0.3) is 0 Å². The first kappa shape index (κ1) is 24.8. The highest BCUT2D eigenvalue weighted by molar-refractivity contribution is 5.80. The van der Waals surface area contributed by atoms with Crippen molar-refractivity contribution in [2.24, 2.45) is 13.0 Å². The number of aromatic nitrogens is 2. The summed E-state index contributed by atoms with van der Waals surface area (Å²) >= 11 is 0. The number of aliphatic carboxylic acids is 1. The highest BCUT2D eigenvalue weighted by Crippen LogP contribution is 2.32. The standard InChI is InChI=1S/C21H27N3O2.C2HF3O2/c1-15-5-3-4-6-17(15)11-20(25)24-10-9-18-12-22-23(2)21(18)19(24)14-26-13-16-7-8-16;3-2(4,5)1(6)7/h3-6,12,16,19H,7-11,13-14H2,1-2H3;(H,6,7). The largest absolute Gasteiger partial charge is 0.490 e. The van der Waals surface area contributed by atoms with Crippen LogP contribution in [0.25, 0.3) is 0 Å². The Morgan fingerprint density at radius 3 is 2.48 bits per heavy atom. The van der Waals surface area contributed by atoms with Crippen LogP contribution in [0.1, 0.15) is 41.3 Å². The molecule has 1 aliphatic heterocycles. The molecule has 0 spiro atoms. The van der Waals surface area contributed by atoms with Gasteiger partial charge in [-0.15, -0.1) is 0 Å². The third-order valence-electron chi connectivity index (χ3n) is 5.87.